The zero-order valence-electron chi connectivity index (χ0n) is 16.6. The Morgan fingerprint density at radius 2 is 2.00 bits per heavy atom. The Morgan fingerprint density at radius 3 is 2.64 bits per heavy atom. The third-order valence-electron chi connectivity index (χ3n) is 6.99. The van der Waals surface area contributed by atoms with Gasteiger partial charge in [0.25, 0.3) is 5.56 Å². The lowest BCUT2D eigenvalue weighted by Gasteiger charge is -2.41. The van der Waals surface area contributed by atoms with Crippen LogP contribution in [0.2, 0.25) is 0 Å². The van der Waals surface area contributed by atoms with E-state index in [1.807, 2.05) is 19.2 Å². The number of aryl methyl sites for hydroxylation is 1. The molecule has 3 aliphatic rings. The van der Waals surface area contributed by atoms with Crippen LogP contribution >= 0.6 is 0 Å². The molecular weight excluding hydrogens is 350 g/mol. The Hall–Kier alpha value is -2.21. The van der Waals surface area contributed by atoms with Crippen molar-refractivity contribution in [1.29, 1.82) is 0 Å². The second kappa shape index (κ2) is 7.32. The van der Waals surface area contributed by atoms with Gasteiger partial charge in [-0.15, -0.1) is 0 Å². The van der Waals surface area contributed by atoms with E-state index in [0.717, 1.165) is 67.6 Å². The SMILES string of the molecule is CCc1cc(=O)[nH]c(-c2ccc(N3CCN([C@@H]4C[C@@H]5CC[C@H]4C5)CC3)nc2)n1. The summed E-state index contributed by atoms with van der Waals surface area (Å²) in [6, 6.07) is 6.47. The van der Waals surface area contributed by atoms with Crippen molar-refractivity contribution in [3.05, 3.63) is 40.4 Å². The molecule has 1 aliphatic heterocycles. The highest BCUT2D eigenvalue weighted by Crippen LogP contribution is 2.46. The summed E-state index contributed by atoms with van der Waals surface area (Å²) in [4.78, 5) is 28.9. The van der Waals surface area contributed by atoms with E-state index in [-0.39, 0.29) is 5.56 Å². The van der Waals surface area contributed by atoms with Crippen LogP contribution in [-0.2, 0) is 6.42 Å². The molecule has 148 valence electrons. The van der Waals surface area contributed by atoms with Gasteiger partial charge in [0.05, 0.1) is 0 Å². The lowest BCUT2D eigenvalue weighted by Crippen LogP contribution is -2.52. The first kappa shape index (κ1) is 17.9. The highest BCUT2D eigenvalue weighted by atomic mass is 16.1. The molecule has 6 heteroatoms. The first-order valence-corrected chi connectivity index (χ1v) is 10.8. The molecule has 2 saturated carbocycles. The minimum Gasteiger partial charge on any atom is -0.354 e. The first-order valence-electron chi connectivity index (χ1n) is 10.8. The summed E-state index contributed by atoms with van der Waals surface area (Å²) in [5, 5.41) is 0. The Kier molecular flexibility index (Phi) is 4.67. The molecule has 0 aromatic carbocycles. The molecule has 3 heterocycles. The molecule has 0 unspecified atom stereocenters. The van der Waals surface area contributed by atoms with E-state index < -0.39 is 0 Å². The average molecular weight is 380 g/mol. The summed E-state index contributed by atoms with van der Waals surface area (Å²) in [5.41, 5.74) is 1.55. The van der Waals surface area contributed by atoms with Gasteiger partial charge in [-0.05, 0) is 49.7 Å². The summed E-state index contributed by atoms with van der Waals surface area (Å²) in [7, 11) is 0. The highest BCUT2D eigenvalue weighted by Gasteiger charge is 2.42. The normalized spacial score (nSPS) is 27.5. The molecule has 6 nitrogen and oxygen atoms in total. The molecule has 3 atom stereocenters. The van der Waals surface area contributed by atoms with Gasteiger partial charge in [-0.1, -0.05) is 13.3 Å². The van der Waals surface area contributed by atoms with Crippen LogP contribution in [0.25, 0.3) is 11.4 Å². The van der Waals surface area contributed by atoms with E-state index in [1.54, 1.807) is 6.07 Å². The fourth-order valence-electron chi connectivity index (χ4n) is 5.48. The number of aromatic amines is 1. The first-order chi connectivity index (χ1) is 13.7. The third-order valence-corrected chi connectivity index (χ3v) is 6.99. The number of pyridine rings is 1. The molecule has 0 amide bonds. The van der Waals surface area contributed by atoms with Gasteiger partial charge in [-0.2, -0.15) is 0 Å². The molecule has 1 N–H and O–H groups in total. The molecule has 3 fully saturated rings. The molecule has 2 aliphatic carbocycles. The number of hydrogen-bond acceptors (Lipinski definition) is 5. The Labute approximate surface area is 166 Å². The summed E-state index contributed by atoms with van der Waals surface area (Å²) in [6.07, 6.45) is 8.40. The van der Waals surface area contributed by atoms with Crippen LogP contribution in [0.15, 0.2) is 29.2 Å². The molecule has 2 aromatic heterocycles. The summed E-state index contributed by atoms with van der Waals surface area (Å²) >= 11 is 0. The fourth-order valence-corrected chi connectivity index (χ4v) is 5.48. The van der Waals surface area contributed by atoms with Crippen LogP contribution in [-0.4, -0.2) is 52.1 Å². The molecule has 1 saturated heterocycles. The van der Waals surface area contributed by atoms with Gasteiger partial charge in [0.2, 0.25) is 0 Å². The predicted octanol–water partition coefficient (Wildman–Crippen LogP) is 2.70. The van der Waals surface area contributed by atoms with Crippen LogP contribution in [0.1, 0.15) is 38.3 Å². The number of anilines is 1. The molecule has 2 aromatic rings. The van der Waals surface area contributed by atoms with Crippen LogP contribution < -0.4 is 10.5 Å². The zero-order valence-corrected chi connectivity index (χ0v) is 16.6. The van der Waals surface area contributed by atoms with Gasteiger partial charge in [-0.3, -0.25) is 9.69 Å². The van der Waals surface area contributed by atoms with E-state index in [4.69, 9.17) is 0 Å². The Morgan fingerprint density at radius 1 is 1.14 bits per heavy atom. The van der Waals surface area contributed by atoms with Crippen LogP contribution in [0.3, 0.4) is 0 Å². The highest BCUT2D eigenvalue weighted by molar-refractivity contribution is 5.56. The lowest BCUT2D eigenvalue weighted by molar-refractivity contribution is 0.134. The second-order valence-electron chi connectivity index (χ2n) is 8.61. The summed E-state index contributed by atoms with van der Waals surface area (Å²) in [5.74, 6) is 3.59. The lowest BCUT2D eigenvalue weighted by atomic mass is 9.93. The van der Waals surface area contributed by atoms with E-state index in [1.165, 1.54) is 25.7 Å². The average Bonchev–Trinajstić information content (AvgIpc) is 3.37. The number of H-pyrrole nitrogens is 1. The number of hydrogen-bond donors (Lipinski definition) is 1. The van der Waals surface area contributed by atoms with Gasteiger partial charge < -0.3 is 9.88 Å². The zero-order chi connectivity index (χ0) is 19.1. The number of nitrogens with one attached hydrogen (secondary N) is 1. The van der Waals surface area contributed by atoms with E-state index in [2.05, 4.69) is 30.8 Å². The molecule has 0 spiro atoms. The number of aromatic nitrogens is 3. The molecule has 5 rings (SSSR count). The van der Waals surface area contributed by atoms with E-state index >= 15 is 0 Å². The van der Waals surface area contributed by atoms with E-state index in [0.29, 0.717) is 5.82 Å². The maximum absolute atomic E-state index is 11.8. The largest absolute Gasteiger partial charge is 0.354 e. The number of fused-ring (bicyclic) bond motifs is 2. The van der Waals surface area contributed by atoms with Crippen molar-refractivity contribution >= 4 is 5.82 Å². The number of nitrogens with zero attached hydrogens (tertiary/aromatic N) is 4. The molecular formula is C22H29N5O. The Balaban J connectivity index is 1.24. The van der Waals surface area contributed by atoms with Gasteiger partial charge in [-0.25, -0.2) is 9.97 Å². The van der Waals surface area contributed by atoms with Gasteiger partial charge >= 0.3 is 0 Å². The minimum atomic E-state index is -0.109. The van der Waals surface area contributed by atoms with Gasteiger partial charge in [0, 0.05) is 55.7 Å². The minimum absolute atomic E-state index is 0.109. The standard InChI is InChI=1S/C22H29N5O/c1-2-18-13-21(28)25-22(24-18)17-5-6-20(23-14-17)27-9-7-26(8-10-27)19-12-15-3-4-16(19)11-15/h5-6,13-16,19H,2-4,7-12H2,1H3,(H,24,25,28)/t15-,16+,19-/m1/s1. The van der Waals surface area contributed by atoms with Crippen LogP contribution in [0, 0.1) is 11.8 Å². The molecule has 28 heavy (non-hydrogen) atoms. The number of piperazine rings is 1. The van der Waals surface area contributed by atoms with Crippen molar-refractivity contribution in [3.63, 3.8) is 0 Å². The van der Waals surface area contributed by atoms with Crippen molar-refractivity contribution in [1.82, 2.24) is 19.9 Å². The molecule has 0 radical (unpaired) electrons. The van der Waals surface area contributed by atoms with Crippen LogP contribution in [0.4, 0.5) is 5.82 Å². The van der Waals surface area contributed by atoms with Crippen molar-refractivity contribution in [2.45, 2.75) is 45.1 Å². The summed E-state index contributed by atoms with van der Waals surface area (Å²) < 4.78 is 0. The third kappa shape index (κ3) is 3.34. The van der Waals surface area contributed by atoms with Crippen molar-refractivity contribution in [3.8, 4) is 11.4 Å². The van der Waals surface area contributed by atoms with E-state index in [9.17, 15) is 4.79 Å². The van der Waals surface area contributed by atoms with Crippen LogP contribution in [0.5, 0.6) is 0 Å². The van der Waals surface area contributed by atoms with Crippen molar-refractivity contribution in [2.75, 3.05) is 31.1 Å². The number of rotatable bonds is 4. The Bertz CT molecular complexity index is 885. The van der Waals surface area contributed by atoms with Gasteiger partial charge in [0.1, 0.15) is 11.6 Å². The van der Waals surface area contributed by atoms with Crippen molar-refractivity contribution in [2.24, 2.45) is 11.8 Å². The predicted molar refractivity (Wildman–Crippen MR) is 110 cm³/mol. The second-order valence-corrected chi connectivity index (χ2v) is 8.61. The topological polar surface area (TPSA) is 65.1 Å². The monoisotopic (exact) mass is 379 g/mol. The van der Waals surface area contributed by atoms with Gasteiger partial charge in [0.15, 0.2) is 0 Å². The van der Waals surface area contributed by atoms with Crippen molar-refractivity contribution < 1.29 is 0 Å². The smallest absolute Gasteiger partial charge is 0.251 e. The summed E-state index contributed by atoms with van der Waals surface area (Å²) in [6.45, 7) is 6.37. The fraction of sp³-hybridized carbons (Fsp3) is 0.591. The maximum Gasteiger partial charge on any atom is 0.251 e. The quantitative estimate of drug-likeness (QED) is 0.885. The molecule has 2 bridgehead atoms. The maximum atomic E-state index is 11.8.